The van der Waals surface area contributed by atoms with E-state index in [-0.39, 0.29) is 171 Å². The van der Waals surface area contributed by atoms with Crippen LogP contribution in [0.15, 0.2) is 109 Å². The highest BCUT2D eigenvalue weighted by Gasteiger charge is 2.43. The van der Waals surface area contributed by atoms with Crippen molar-refractivity contribution in [2.45, 2.75) is 152 Å². The number of benzene rings is 6. The number of rotatable bonds is 27. The van der Waals surface area contributed by atoms with Gasteiger partial charge in [0.25, 0.3) is 35.4 Å². The number of aliphatic carboxylic acids is 1. The predicted octanol–water partition coefficient (Wildman–Crippen LogP) is 10.5. The van der Waals surface area contributed by atoms with E-state index in [0.717, 1.165) is 84.3 Å². The normalized spacial score (nSPS) is 16.2. The van der Waals surface area contributed by atoms with E-state index in [9.17, 15) is 92.7 Å². The molecule has 121 heavy (non-hydrogen) atoms. The summed E-state index contributed by atoms with van der Waals surface area (Å²) in [6.07, 6.45) is 0.282. The molecule has 2 saturated carbocycles. The molecular formula is C85H87F9N14O13. The van der Waals surface area contributed by atoms with E-state index >= 15 is 4.39 Å². The van der Waals surface area contributed by atoms with E-state index < -0.39 is 89.9 Å². The molecule has 14 rings (SSSR count). The van der Waals surface area contributed by atoms with Gasteiger partial charge in [0.1, 0.15) is 23.7 Å². The minimum Gasteiger partial charge on any atom is -0.481 e. The van der Waals surface area contributed by atoms with E-state index in [0.29, 0.717) is 81.4 Å². The number of pyridine rings is 2. The third kappa shape index (κ3) is 21.2. The second kappa shape index (κ2) is 38.9. The monoisotopic (exact) mass is 1680 g/mol. The molecule has 4 fully saturated rings. The largest absolute Gasteiger partial charge is 0.481 e. The Morgan fingerprint density at radius 1 is 0.529 bits per heavy atom. The molecular weight excluding hydrogens is 1600 g/mol. The van der Waals surface area contributed by atoms with Gasteiger partial charge in [0.05, 0.1) is 64.3 Å². The van der Waals surface area contributed by atoms with Crippen LogP contribution in [0.25, 0.3) is 44.1 Å². The number of carbonyl (C=O) groups is 12. The zero-order valence-electron chi connectivity index (χ0n) is 66.6. The average Bonchev–Trinajstić information content (AvgIpc) is 1.65. The van der Waals surface area contributed by atoms with Gasteiger partial charge in [-0.2, -0.15) is 26.3 Å². The number of imide groups is 2. The first kappa shape index (κ1) is 87.4. The lowest BCUT2D eigenvalue weighted by molar-refractivity contribution is -0.138. The van der Waals surface area contributed by atoms with Crippen LogP contribution in [0, 0.1) is 11.6 Å². The summed E-state index contributed by atoms with van der Waals surface area (Å²) in [7, 11) is 2.09. The van der Waals surface area contributed by atoms with E-state index in [2.05, 4.69) is 57.8 Å². The highest BCUT2D eigenvalue weighted by molar-refractivity contribution is 6.11. The van der Waals surface area contributed by atoms with Gasteiger partial charge in [0.15, 0.2) is 0 Å². The first-order valence-corrected chi connectivity index (χ1v) is 39.0. The average molecular weight is 1680 g/mol. The number of carboxylic acids is 1. The lowest BCUT2D eigenvalue weighted by Crippen LogP contribution is -2.52. The molecule has 36 heteroatoms. The molecule has 12 N–H and O–H groups in total. The van der Waals surface area contributed by atoms with Crippen LogP contribution in [0.3, 0.4) is 0 Å². The molecule has 0 bridgehead atoms. The summed E-state index contributed by atoms with van der Waals surface area (Å²) in [5.41, 5.74) is 6.95. The molecule has 6 aromatic carbocycles. The fraction of sp³-hybridized carbons (Fsp3) is 0.365. The van der Waals surface area contributed by atoms with Crippen LogP contribution in [0.5, 0.6) is 0 Å². The summed E-state index contributed by atoms with van der Waals surface area (Å²) in [5, 5.41) is 33.4. The molecule has 6 aliphatic rings. The number of fused-ring (bicyclic) bond motifs is 4. The zero-order chi connectivity index (χ0) is 88.0. The van der Waals surface area contributed by atoms with Crippen molar-refractivity contribution in [3.8, 4) is 22.3 Å². The summed E-state index contributed by atoms with van der Waals surface area (Å²) < 4.78 is 131. The van der Waals surface area contributed by atoms with Gasteiger partial charge in [-0.05, 0) is 189 Å². The molecule has 8 aromatic rings. The van der Waals surface area contributed by atoms with Crippen molar-refractivity contribution in [3.63, 3.8) is 0 Å². The number of alkyl halides is 7. The van der Waals surface area contributed by atoms with E-state index in [1.54, 1.807) is 31.3 Å². The standard InChI is InChI=1S/C42H41F4N7O6.C26H27F4N5O2.C16H16N2O5.CH3F/c1-47-37-28-18-27(31(42(44,45)46)19-33(28)50-20-29(37)39(57)51-24-9-10-24)23-7-11-26(32(43)17-23)38(56)49-16-3-2-15-48-35(54)13-8-22-5-4-6-25-30(22)21-53(41(25)59)34-12-14-36(55)52-40(34)58;1-32-23-18-11-17(14-4-7-16(21(27)10-14)24(36)33-9-3-2-8-31)20(26(28,29)30)12-22(18)34-13-19(23)25(37)35-15-5-6-15;19-13-6-5-12(15(22)17-13)18-8-11-9(4-7-14(20)21)2-1-3-10(11)16(18)23;1-2/h4-7,11,17-20,24,34H,2-3,8-10,12-16,21H2,1H3,(H,47,50)(H,48,54)(H,49,56)(H,51,57)(H,52,55,58);4,7,10-13,15H,2-3,5-6,8-9,31H2,1H3,(H,32,34)(H,33,36)(H,35,37);1-3,12H,4-8H2,(H,20,21)(H,17,19,22);1H3/i;;;1D. The lowest BCUT2D eigenvalue weighted by atomic mass is 9.94. The second-order valence-corrected chi connectivity index (χ2v) is 29.4. The third-order valence-corrected chi connectivity index (χ3v) is 21.2. The summed E-state index contributed by atoms with van der Waals surface area (Å²) in [5.74, 6) is -7.48. The van der Waals surface area contributed by atoms with Crippen LogP contribution in [0.4, 0.5) is 50.9 Å². The Balaban J connectivity index is 0.000000195. The summed E-state index contributed by atoms with van der Waals surface area (Å²) in [6, 6.07) is 19.9. The molecule has 0 spiro atoms. The number of nitrogens with zero attached hydrogens (tertiary/aromatic N) is 4. The first-order chi connectivity index (χ1) is 58.2. The Labute approximate surface area is 688 Å². The Morgan fingerprint density at radius 2 is 0.934 bits per heavy atom. The molecule has 27 nitrogen and oxygen atoms in total. The topological polar surface area (TPSA) is 392 Å². The molecule has 2 unspecified atom stereocenters. The minimum atomic E-state index is -4.83. The predicted molar refractivity (Wildman–Crippen MR) is 426 cm³/mol. The number of anilines is 2. The van der Waals surface area contributed by atoms with Gasteiger partial charge in [0.2, 0.25) is 29.5 Å². The fourth-order valence-corrected chi connectivity index (χ4v) is 14.7. The summed E-state index contributed by atoms with van der Waals surface area (Å²) in [6.45, 7) is 1.69. The van der Waals surface area contributed by atoms with Crippen molar-refractivity contribution in [1.82, 2.24) is 57.0 Å². The highest BCUT2D eigenvalue weighted by Crippen LogP contribution is 2.45. The number of aromatic nitrogens is 2. The maximum absolute atomic E-state index is 15.4. The molecule has 2 aromatic heterocycles. The number of amides is 11. The van der Waals surface area contributed by atoms with Gasteiger partial charge >= 0.3 is 18.3 Å². The quantitative estimate of drug-likeness (QED) is 0.0129. The van der Waals surface area contributed by atoms with Crippen LogP contribution in [0.1, 0.15) is 187 Å². The van der Waals surface area contributed by atoms with Crippen molar-refractivity contribution >= 4 is 104 Å². The van der Waals surface area contributed by atoms with Gasteiger partial charge in [-0.25, -0.2) is 8.78 Å². The molecule has 2 aliphatic carbocycles. The molecule has 11 amide bonds. The zero-order valence-corrected chi connectivity index (χ0v) is 65.6. The number of hydrogen-bond donors (Lipinski definition) is 11. The number of unbranched alkanes of at least 4 members (excludes halogenated alkanes) is 2. The van der Waals surface area contributed by atoms with E-state index in [1.807, 2.05) is 12.1 Å². The maximum Gasteiger partial charge on any atom is 0.417 e. The Hall–Kier alpha value is -12.9. The SMILES string of the molecule is CNc1c(C(=O)NC2CC2)cnc2cc(C(F)(F)F)c(-c3ccc(C(=O)NCCCCN)c(F)c3)cc12.CNc1c(C(=O)NC2CC2)cnc2cc(C(F)(F)F)c(-c3ccc(C(=O)NCCCCNC(=O)CCc4cccc5c4CN(C4CCC(=O)NC4=O)C5=O)c(F)c3)cc12.O=C(O)CCc1cccc2c1CN(C1CCC(=O)NC1=O)C2=O.[2H]CF. The van der Waals surface area contributed by atoms with E-state index in [4.69, 9.17) is 12.2 Å². The maximum atomic E-state index is 15.4. The molecule has 4 aliphatic heterocycles. The van der Waals surface area contributed by atoms with Crippen LogP contribution in [0.2, 0.25) is 0 Å². The summed E-state index contributed by atoms with van der Waals surface area (Å²) >= 11 is 0. The number of hydrogen-bond acceptors (Lipinski definition) is 17. The van der Waals surface area contributed by atoms with Crippen molar-refractivity contribution in [1.29, 1.82) is 0 Å². The molecule has 2 saturated heterocycles. The molecule has 2 atom stereocenters. The Kier molecular flexibility index (Phi) is 28.1. The lowest BCUT2D eigenvalue weighted by Gasteiger charge is -2.29. The summed E-state index contributed by atoms with van der Waals surface area (Å²) in [4.78, 5) is 158. The number of piperidine rings is 2. The van der Waals surface area contributed by atoms with Gasteiger partial charge < -0.3 is 57.9 Å². The smallest absolute Gasteiger partial charge is 0.417 e. The number of nitrogens with two attached hydrogens (primary N) is 1. The van der Waals surface area contributed by atoms with Crippen molar-refractivity contribution < 1.29 is 104 Å². The molecule has 6 heterocycles. The number of carboxylic acid groups (broad SMARTS) is 1. The van der Waals surface area contributed by atoms with Crippen molar-refractivity contribution in [2.24, 2.45) is 5.73 Å². The highest BCUT2D eigenvalue weighted by atomic mass is 19.4. The molecule has 638 valence electrons. The Morgan fingerprint density at radius 3 is 1.31 bits per heavy atom. The van der Waals surface area contributed by atoms with Gasteiger partial charge in [-0.1, -0.05) is 36.4 Å². The molecule has 0 radical (unpaired) electrons. The number of carbonyl (C=O) groups excluding carboxylic acids is 11. The fourth-order valence-electron chi connectivity index (χ4n) is 14.7. The van der Waals surface area contributed by atoms with Crippen molar-refractivity contribution in [2.75, 3.05) is 58.1 Å². The van der Waals surface area contributed by atoms with Gasteiger partial charge in [0, 0.05) is 119 Å². The second-order valence-electron chi connectivity index (χ2n) is 29.4. The van der Waals surface area contributed by atoms with Crippen LogP contribution in [-0.4, -0.2) is 167 Å². The number of aryl methyl sites for hydroxylation is 2. The van der Waals surface area contributed by atoms with E-state index in [1.165, 1.54) is 53.5 Å². The van der Waals surface area contributed by atoms with Crippen LogP contribution < -0.4 is 53.6 Å². The van der Waals surface area contributed by atoms with Crippen LogP contribution in [-0.2, 0) is 67.1 Å². The number of halogens is 9. The third-order valence-electron chi connectivity index (χ3n) is 21.2. The minimum absolute atomic E-state index is 0.0109. The number of nitrogens with one attached hydrogen (secondary N) is 9. The van der Waals surface area contributed by atoms with Crippen molar-refractivity contribution in [3.05, 3.63) is 188 Å². The Bertz CT molecular complexity index is 5440. The van der Waals surface area contributed by atoms with Crippen LogP contribution >= 0.6 is 0 Å². The van der Waals surface area contributed by atoms with Gasteiger partial charge in [-0.3, -0.25) is 82.5 Å². The van der Waals surface area contributed by atoms with Gasteiger partial charge in [-0.15, -0.1) is 0 Å². The first-order valence-electron chi connectivity index (χ1n) is 39.7.